The highest BCUT2D eigenvalue weighted by molar-refractivity contribution is 9.10. The smallest absolute Gasteiger partial charge is 0.238 e. The highest BCUT2D eigenvalue weighted by Gasteiger charge is 2.40. The Morgan fingerprint density at radius 2 is 1.89 bits per heavy atom. The molecule has 1 saturated heterocycles. The minimum absolute atomic E-state index is 0.167. The summed E-state index contributed by atoms with van der Waals surface area (Å²) >= 11 is 9.12. The second-order valence-electron chi connectivity index (χ2n) is 4.51. The highest BCUT2D eigenvalue weighted by Crippen LogP contribution is 2.34. The summed E-state index contributed by atoms with van der Waals surface area (Å²) in [5.41, 5.74) is 2.50. The Kier molecular flexibility index (Phi) is 3.78. The first kappa shape index (κ1) is 13.6. The van der Waals surface area contributed by atoms with E-state index in [2.05, 4.69) is 15.9 Å². The Bertz CT molecular complexity index is 507. The summed E-state index contributed by atoms with van der Waals surface area (Å²) in [6.45, 7) is 3.78. The van der Waals surface area contributed by atoms with Crippen molar-refractivity contribution in [1.82, 2.24) is 0 Å². The molecule has 0 saturated carbocycles. The van der Waals surface area contributed by atoms with Crippen LogP contribution < -0.4 is 4.90 Å². The molecule has 1 fully saturated rings. The van der Waals surface area contributed by atoms with Crippen molar-refractivity contribution in [3.8, 4) is 0 Å². The van der Waals surface area contributed by atoms with Crippen molar-refractivity contribution < 1.29 is 9.59 Å². The van der Waals surface area contributed by atoms with Crippen LogP contribution in [0.25, 0.3) is 0 Å². The topological polar surface area (TPSA) is 37.4 Å². The number of amides is 2. The summed E-state index contributed by atoms with van der Waals surface area (Å²) < 4.78 is 0.939. The van der Waals surface area contributed by atoms with Crippen LogP contribution in [0, 0.1) is 19.8 Å². The standard InChI is InChI=1S/C13H13BrClNO2/c1-7-3-10(14)4-8(2)12(7)16-11(17)5-9(6-15)13(16)18/h3-4,9H,5-6H2,1-2H3. The molecule has 1 atom stereocenters. The number of benzene rings is 1. The van der Waals surface area contributed by atoms with Gasteiger partial charge in [-0.05, 0) is 37.1 Å². The predicted octanol–water partition coefficient (Wildman–Crippen LogP) is 3.18. The van der Waals surface area contributed by atoms with Gasteiger partial charge in [-0.2, -0.15) is 0 Å². The molecule has 3 nitrogen and oxygen atoms in total. The molecule has 1 aliphatic rings. The molecule has 1 aromatic rings. The average molecular weight is 331 g/mol. The summed E-state index contributed by atoms with van der Waals surface area (Å²) in [4.78, 5) is 25.4. The molecular formula is C13H13BrClNO2. The van der Waals surface area contributed by atoms with E-state index in [1.54, 1.807) is 0 Å². The van der Waals surface area contributed by atoms with Gasteiger partial charge in [0.25, 0.3) is 0 Å². The van der Waals surface area contributed by atoms with Gasteiger partial charge >= 0.3 is 0 Å². The van der Waals surface area contributed by atoms with Gasteiger partial charge < -0.3 is 0 Å². The van der Waals surface area contributed by atoms with Crippen LogP contribution in [0.5, 0.6) is 0 Å². The number of nitrogens with zero attached hydrogens (tertiary/aromatic N) is 1. The van der Waals surface area contributed by atoms with Gasteiger partial charge in [0.05, 0.1) is 11.6 Å². The SMILES string of the molecule is Cc1cc(Br)cc(C)c1N1C(=O)CC(CCl)C1=O. The van der Waals surface area contributed by atoms with Gasteiger partial charge in [-0.3, -0.25) is 9.59 Å². The van der Waals surface area contributed by atoms with E-state index in [9.17, 15) is 9.59 Å². The summed E-state index contributed by atoms with van der Waals surface area (Å²) in [5.74, 6) is -0.556. The number of alkyl halides is 1. The number of halogens is 2. The first-order chi connectivity index (χ1) is 8.45. The van der Waals surface area contributed by atoms with Crippen molar-refractivity contribution in [1.29, 1.82) is 0 Å². The van der Waals surface area contributed by atoms with Gasteiger partial charge in [-0.1, -0.05) is 15.9 Å². The van der Waals surface area contributed by atoms with E-state index in [1.165, 1.54) is 4.90 Å². The second kappa shape index (κ2) is 5.02. The molecule has 0 bridgehead atoms. The van der Waals surface area contributed by atoms with Crippen molar-refractivity contribution in [3.05, 3.63) is 27.7 Å². The molecule has 5 heteroatoms. The Balaban J connectivity index is 2.50. The van der Waals surface area contributed by atoms with E-state index in [0.29, 0.717) is 5.69 Å². The van der Waals surface area contributed by atoms with Gasteiger partial charge in [-0.15, -0.1) is 11.6 Å². The molecule has 0 aromatic heterocycles. The normalized spacial score (nSPS) is 19.8. The van der Waals surface area contributed by atoms with Gasteiger partial charge in [0.1, 0.15) is 0 Å². The Hall–Kier alpha value is -0.870. The van der Waals surface area contributed by atoms with E-state index in [4.69, 9.17) is 11.6 Å². The minimum Gasteiger partial charge on any atom is -0.274 e. The van der Waals surface area contributed by atoms with Crippen LogP contribution in [0.4, 0.5) is 5.69 Å². The van der Waals surface area contributed by atoms with Crippen LogP contribution in [0.2, 0.25) is 0 Å². The third-order valence-corrected chi connectivity index (χ3v) is 3.94. The molecule has 0 radical (unpaired) electrons. The molecule has 96 valence electrons. The molecule has 0 aliphatic carbocycles. The van der Waals surface area contributed by atoms with E-state index < -0.39 is 0 Å². The number of carbonyl (C=O) groups excluding carboxylic acids is 2. The predicted molar refractivity (Wildman–Crippen MR) is 74.9 cm³/mol. The third-order valence-electron chi connectivity index (χ3n) is 3.11. The van der Waals surface area contributed by atoms with Crippen molar-refractivity contribution >= 4 is 45.0 Å². The fourth-order valence-corrected chi connectivity index (χ4v) is 3.23. The second-order valence-corrected chi connectivity index (χ2v) is 5.74. The summed E-state index contributed by atoms with van der Waals surface area (Å²) in [5, 5.41) is 0. The molecule has 0 N–H and O–H groups in total. The molecule has 2 amide bonds. The minimum atomic E-state index is -0.387. The molecule has 2 rings (SSSR count). The summed E-state index contributed by atoms with van der Waals surface area (Å²) in [6.07, 6.45) is 0.206. The number of carbonyl (C=O) groups is 2. The van der Waals surface area contributed by atoms with E-state index in [-0.39, 0.29) is 30.0 Å². The van der Waals surface area contributed by atoms with Gasteiger partial charge in [0.15, 0.2) is 0 Å². The third kappa shape index (κ3) is 2.19. The van der Waals surface area contributed by atoms with Crippen LogP contribution in [0.15, 0.2) is 16.6 Å². The first-order valence-corrected chi connectivity index (χ1v) is 6.98. The number of imide groups is 1. The molecule has 18 heavy (non-hydrogen) atoms. The lowest BCUT2D eigenvalue weighted by molar-refractivity contribution is -0.122. The number of hydrogen-bond donors (Lipinski definition) is 0. The zero-order valence-electron chi connectivity index (χ0n) is 10.2. The summed E-state index contributed by atoms with van der Waals surface area (Å²) in [6, 6.07) is 3.80. The maximum atomic E-state index is 12.1. The number of anilines is 1. The lowest BCUT2D eigenvalue weighted by Crippen LogP contribution is -2.32. The van der Waals surface area contributed by atoms with E-state index in [0.717, 1.165) is 15.6 Å². The van der Waals surface area contributed by atoms with Gasteiger partial charge in [0.2, 0.25) is 11.8 Å². The fraction of sp³-hybridized carbons (Fsp3) is 0.385. The monoisotopic (exact) mass is 329 g/mol. The van der Waals surface area contributed by atoms with Crippen molar-refractivity contribution in [2.45, 2.75) is 20.3 Å². The Morgan fingerprint density at radius 1 is 1.33 bits per heavy atom. The van der Waals surface area contributed by atoms with Crippen LogP contribution in [-0.4, -0.2) is 17.7 Å². The molecule has 1 unspecified atom stereocenters. The average Bonchev–Trinajstić information content (AvgIpc) is 2.55. The number of aryl methyl sites for hydroxylation is 2. The lowest BCUT2D eigenvalue weighted by atomic mass is 10.1. The van der Waals surface area contributed by atoms with E-state index in [1.807, 2.05) is 26.0 Å². The maximum absolute atomic E-state index is 12.1. The van der Waals surface area contributed by atoms with Crippen molar-refractivity contribution in [2.24, 2.45) is 5.92 Å². The fourth-order valence-electron chi connectivity index (χ4n) is 2.31. The molecule has 1 aliphatic heterocycles. The highest BCUT2D eigenvalue weighted by atomic mass is 79.9. The van der Waals surface area contributed by atoms with Crippen molar-refractivity contribution in [3.63, 3.8) is 0 Å². The van der Waals surface area contributed by atoms with Crippen LogP contribution in [0.1, 0.15) is 17.5 Å². The number of rotatable bonds is 2. The van der Waals surface area contributed by atoms with Gasteiger partial charge in [-0.25, -0.2) is 4.90 Å². The van der Waals surface area contributed by atoms with Gasteiger partial charge in [0, 0.05) is 16.8 Å². The molecular weight excluding hydrogens is 318 g/mol. The largest absolute Gasteiger partial charge is 0.274 e. The van der Waals surface area contributed by atoms with E-state index >= 15 is 0 Å². The van der Waals surface area contributed by atoms with Crippen LogP contribution in [-0.2, 0) is 9.59 Å². The first-order valence-electron chi connectivity index (χ1n) is 5.65. The number of hydrogen-bond acceptors (Lipinski definition) is 2. The maximum Gasteiger partial charge on any atom is 0.238 e. The van der Waals surface area contributed by atoms with Crippen molar-refractivity contribution in [2.75, 3.05) is 10.8 Å². The van der Waals surface area contributed by atoms with Crippen LogP contribution in [0.3, 0.4) is 0 Å². The molecule has 1 heterocycles. The molecule has 0 spiro atoms. The lowest BCUT2D eigenvalue weighted by Gasteiger charge is -2.20. The quantitative estimate of drug-likeness (QED) is 0.617. The van der Waals surface area contributed by atoms with Crippen LogP contribution >= 0.6 is 27.5 Å². The zero-order chi connectivity index (χ0) is 13.4. The summed E-state index contributed by atoms with van der Waals surface area (Å²) in [7, 11) is 0. The zero-order valence-corrected chi connectivity index (χ0v) is 12.5. The molecule has 1 aromatic carbocycles. The Morgan fingerprint density at radius 3 is 2.33 bits per heavy atom. The Labute approximate surface area is 119 Å².